The SMILES string of the molecule is Cc1cc2c(cc1N=Cc1ccccc1)-c1cc(N=Cc3ccccc3)c(C)cc1SS2. The van der Waals surface area contributed by atoms with Gasteiger partial charge >= 0.3 is 0 Å². The Kier molecular flexibility index (Phi) is 5.97. The minimum Gasteiger partial charge on any atom is -0.256 e. The molecule has 0 N–H and O–H groups in total. The van der Waals surface area contributed by atoms with Gasteiger partial charge in [0.25, 0.3) is 0 Å². The number of benzene rings is 4. The molecule has 2 nitrogen and oxygen atoms in total. The second-order valence-corrected chi connectivity index (χ2v) is 9.99. The molecule has 32 heavy (non-hydrogen) atoms. The van der Waals surface area contributed by atoms with Gasteiger partial charge in [0, 0.05) is 22.2 Å². The molecular weight excluding hydrogens is 428 g/mol. The van der Waals surface area contributed by atoms with Crippen molar-refractivity contribution in [1.29, 1.82) is 0 Å². The molecule has 0 bridgehead atoms. The molecule has 0 amide bonds. The molecule has 4 aromatic carbocycles. The molecule has 0 aromatic heterocycles. The fourth-order valence-electron chi connectivity index (χ4n) is 3.63. The smallest absolute Gasteiger partial charge is 0.0666 e. The highest BCUT2D eigenvalue weighted by Gasteiger charge is 2.20. The molecule has 0 unspecified atom stereocenters. The molecule has 4 heteroatoms. The highest BCUT2D eigenvalue weighted by Crippen LogP contribution is 2.53. The van der Waals surface area contributed by atoms with E-state index in [2.05, 4.69) is 62.4 Å². The molecular formula is C28H22N2S2. The van der Waals surface area contributed by atoms with E-state index in [0.717, 1.165) is 22.5 Å². The van der Waals surface area contributed by atoms with Crippen LogP contribution in [0.2, 0.25) is 0 Å². The third kappa shape index (κ3) is 4.43. The first-order valence-electron chi connectivity index (χ1n) is 10.5. The summed E-state index contributed by atoms with van der Waals surface area (Å²) in [6, 6.07) is 29.4. The number of hydrogen-bond donors (Lipinski definition) is 0. The van der Waals surface area contributed by atoms with Crippen molar-refractivity contribution < 1.29 is 0 Å². The Balaban J connectivity index is 1.54. The number of rotatable bonds is 4. The highest BCUT2D eigenvalue weighted by molar-refractivity contribution is 8.76. The van der Waals surface area contributed by atoms with Gasteiger partial charge < -0.3 is 0 Å². The summed E-state index contributed by atoms with van der Waals surface area (Å²) in [5, 5.41) is 0. The highest BCUT2D eigenvalue weighted by atomic mass is 33.1. The Bertz CT molecular complexity index is 1220. The Morgan fingerprint density at radius 2 is 0.969 bits per heavy atom. The van der Waals surface area contributed by atoms with Crippen molar-refractivity contribution in [2.75, 3.05) is 0 Å². The van der Waals surface area contributed by atoms with Gasteiger partial charge in [0.1, 0.15) is 0 Å². The second-order valence-electron chi connectivity index (χ2n) is 7.77. The average molecular weight is 451 g/mol. The van der Waals surface area contributed by atoms with Gasteiger partial charge in [-0.15, -0.1) is 0 Å². The Labute approximate surface area is 196 Å². The van der Waals surface area contributed by atoms with Crippen LogP contribution in [-0.4, -0.2) is 12.4 Å². The van der Waals surface area contributed by atoms with Gasteiger partial charge in [-0.3, -0.25) is 9.98 Å². The summed E-state index contributed by atoms with van der Waals surface area (Å²) in [5.41, 5.74) is 9.02. The normalized spacial score (nSPS) is 12.8. The zero-order valence-corrected chi connectivity index (χ0v) is 19.6. The van der Waals surface area contributed by atoms with E-state index in [-0.39, 0.29) is 0 Å². The third-order valence-electron chi connectivity index (χ3n) is 5.41. The lowest BCUT2D eigenvalue weighted by molar-refractivity contribution is 1.28. The van der Waals surface area contributed by atoms with Crippen LogP contribution in [0.3, 0.4) is 0 Å². The van der Waals surface area contributed by atoms with E-state index in [4.69, 9.17) is 9.98 Å². The zero-order chi connectivity index (χ0) is 21.9. The average Bonchev–Trinajstić information content (AvgIpc) is 2.83. The summed E-state index contributed by atoms with van der Waals surface area (Å²) < 4.78 is 0. The zero-order valence-electron chi connectivity index (χ0n) is 17.9. The van der Waals surface area contributed by atoms with Crippen molar-refractivity contribution in [2.24, 2.45) is 9.98 Å². The summed E-state index contributed by atoms with van der Waals surface area (Å²) in [5.74, 6) is 0. The van der Waals surface area contributed by atoms with E-state index in [9.17, 15) is 0 Å². The van der Waals surface area contributed by atoms with E-state index in [1.807, 2.05) is 70.4 Å². The summed E-state index contributed by atoms with van der Waals surface area (Å²) in [7, 11) is 3.64. The fourth-order valence-corrected chi connectivity index (χ4v) is 6.15. The molecule has 0 aliphatic carbocycles. The van der Waals surface area contributed by atoms with Crippen LogP contribution in [0.4, 0.5) is 11.4 Å². The predicted octanol–water partition coefficient (Wildman–Crippen LogP) is 8.58. The summed E-state index contributed by atoms with van der Waals surface area (Å²) in [6.07, 6.45) is 3.87. The molecule has 0 saturated carbocycles. The van der Waals surface area contributed by atoms with Crippen molar-refractivity contribution in [3.8, 4) is 11.1 Å². The van der Waals surface area contributed by atoms with Crippen LogP contribution in [0, 0.1) is 13.8 Å². The maximum absolute atomic E-state index is 4.80. The fraction of sp³-hybridized carbons (Fsp3) is 0.0714. The lowest BCUT2D eigenvalue weighted by Crippen LogP contribution is -1.93. The van der Waals surface area contributed by atoms with Crippen molar-refractivity contribution in [3.63, 3.8) is 0 Å². The van der Waals surface area contributed by atoms with Crippen LogP contribution in [-0.2, 0) is 0 Å². The number of fused-ring (bicyclic) bond motifs is 3. The van der Waals surface area contributed by atoms with Crippen LogP contribution in [0.15, 0.2) is 105 Å². The van der Waals surface area contributed by atoms with Crippen molar-refractivity contribution in [1.82, 2.24) is 0 Å². The molecule has 0 saturated heterocycles. The third-order valence-corrected chi connectivity index (χ3v) is 7.86. The molecule has 156 valence electrons. The number of aryl methyl sites for hydroxylation is 2. The maximum atomic E-state index is 4.80. The van der Waals surface area contributed by atoms with Crippen LogP contribution < -0.4 is 0 Å². The number of nitrogens with zero attached hydrogens (tertiary/aromatic N) is 2. The Hall–Kier alpha value is -3.08. The maximum Gasteiger partial charge on any atom is 0.0666 e. The molecule has 0 radical (unpaired) electrons. The topological polar surface area (TPSA) is 24.7 Å². The first-order valence-corrected chi connectivity index (χ1v) is 12.6. The van der Waals surface area contributed by atoms with Crippen LogP contribution in [0.5, 0.6) is 0 Å². The van der Waals surface area contributed by atoms with E-state index < -0.39 is 0 Å². The minimum absolute atomic E-state index is 1.00. The number of aliphatic imine (C=N–C) groups is 2. The van der Waals surface area contributed by atoms with Crippen molar-refractivity contribution in [3.05, 3.63) is 107 Å². The van der Waals surface area contributed by atoms with Gasteiger partial charge in [-0.05, 0) is 71.5 Å². The Morgan fingerprint density at radius 3 is 1.38 bits per heavy atom. The van der Waals surface area contributed by atoms with E-state index in [0.29, 0.717) is 0 Å². The van der Waals surface area contributed by atoms with Gasteiger partial charge in [0.05, 0.1) is 11.4 Å². The van der Waals surface area contributed by atoms with Crippen LogP contribution in [0.25, 0.3) is 11.1 Å². The van der Waals surface area contributed by atoms with E-state index in [1.54, 1.807) is 0 Å². The summed E-state index contributed by atoms with van der Waals surface area (Å²) in [4.78, 5) is 12.2. The Morgan fingerprint density at radius 1 is 0.562 bits per heavy atom. The molecule has 0 spiro atoms. The quantitative estimate of drug-likeness (QED) is 0.230. The molecule has 0 atom stereocenters. The van der Waals surface area contributed by atoms with Gasteiger partial charge in [-0.1, -0.05) is 82.3 Å². The van der Waals surface area contributed by atoms with Crippen LogP contribution in [0.1, 0.15) is 22.3 Å². The molecule has 1 heterocycles. The lowest BCUT2D eigenvalue weighted by atomic mass is 10.00. The summed E-state index contributed by atoms with van der Waals surface area (Å²) >= 11 is 0. The van der Waals surface area contributed by atoms with Crippen molar-refractivity contribution in [2.45, 2.75) is 23.6 Å². The van der Waals surface area contributed by atoms with Gasteiger partial charge in [0.15, 0.2) is 0 Å². The molecule has 0 fully saturated rings. The van der Waals surface area contributed by atoms with Gasteiger partial charge in [-0.2, -0.15) is 0 Å². The second kappa shape index (κ2) is 9.19. The largest absolute Gasteiger partial charge is 0.256 e. The van der Waals surface area contributed by atoms with Gasteiger partial charge in [0.2, 0.25) is 0 Å². The monoisotopic (exact) mass is 450 g/mol. The number of hydrogen-bond acceptors (Lipinski definition) is 4. The van der Waals surface area contributed by atoms with E-state index in [1.165, 1.54) is 32.0 Å². The molecule has 5 rings (SSSR count). The standard InChI is InChI=1S/C28H22N2S2/c1-19-13-27-23(15-25(19)29-17-21-9-5-3-6-10-21)24-16-26(20(2)14-28(24)32-31-27)30-18-22-11-7-4-8-12-22/h3-18H,1-2H3. The summed E-state index contributed by atoms with van der Waals surface area (Å²) in [6.45, 7) is 4.26. The molecule has 1 aliphatic heterocycles. The molecule has 1 aliphatic rings. The van der Waals surface area contributed by atoms with E-state index >= 15 is 0 Å². The predicted molar refractivity (Wildman–Crippen MR) is 140 cm³/mol. The first-order chi connectivity index (χ1) is 15.7. The lowest BCUT2D eigenvalue weighted by Gasteiger charge is -2.21. The molecule has 4 aromatic rings. The first kappa shape index (κ1) is 20.8. The minimum atomic E-state index is 1.00. The van der Waals surface area contributed by atoms with Crippen LogP contribution >= 0.6 is 21.6 Å². The van der Waals surface area contributed by atoms with Gasteiger partial charge in [-0.25, -0.2) is 0 Å². The van der Waals surface area contributed by atoms with Crippen molar-refractivity contribution >= 4 is 45.4 Å².